The molecule has 0 fully saturated rings. The smallest absolute Gasteiger partial charge is 0.306 e. The van der Waals surface area contributed by atoms with Gasteiger partial charge in [-0.2, -0.15) is 0 Å². The number of carbonyl (C=O) groups excluding carboxylic acids is 2. The Kier molecular flexibility index (Phi) is 48.9. The van der Waals surface area contributed by atoms with Crippen molar-refractivity contribution in [1.29, 1.82) is 0 Å². The zero-order valence-corrected chi connectivity index (χ0v) is 39.7. The topological polar surface area (TPSA) is 72.8 Å². The number of hydrogen-bond donors (Lipinski definition) is 1. The lowest BCUT2D eigenvalue weighted by Gasteiger charge is -2.15. The van der Waals surface area contributed by atoms with E-state index < -0.39 is 6.10 Å². The van der Waals surface area contributed by atoms with Crippen LogP contribution in [0.15, 0.2) is 60.8 Å². The lowest BCUT2D eigenvalue weighted by Crippen LogP contribution is -2.28. The minimum absolute atomic E-state index is 0.0703. The van der Waals surface area contributed by atoms with Crippen LogP contribution >= 0.6 is 0 Å². The summed E-state index contributed by atoms with van der Waals surface area (Å²) in [4.78, 5) is 24.5. The second-order valence-electron chi connectivity index (χ2n) is 17.2. The molecule has 0 spiro atoms. The van der Waals surface area contributed by atoms with Crippen molar-refractivity contribution in [2.75, 3.05) is 13.2 Å². The van der Waals surface area contributed by atoms with Gasteiger partial charge in [-0.15, -0.1) is 0 Å². The highest BCUT2D eigenvalue weighted by Gasteiger charge is 2.16. The van der Waals surface area contributed by atoms with E-state index in [0.29, 0.717) is 12.8 Å². The molecule has 0 aromatic rings. The second-order valence-corrected chi connectivity index (χ2v) is 17.2. The van der Waals surface area contributed by atoms with E-state index in [9.17, 15) is 14.7 Å². The first kappa shape index (κ1) is 57.6. The van der Waals surface area contributed by atoms with E-state index in [2.05, 4.69) is 74.6 Å². The first-order chi connectivity index (χ1) is 29.6. The molecule has 60 heavy (non-hydrogen) atoms. The van der Waals surface area contributed by atoms with E-state index in [0.717, 1.165) is 57.8 Å². The van der Waals surface area contributed by atoms with Gasteiger partial charge < -0.3 is 14.6 Å². The van der Waals surface area contributed by atoms with Crippen molar-refractivity contribution in [3.05, 3.63) is 60.8 Å². The van der Waals surface area contributed by atoms with Crippen molar-refractivity contribution >= 4 is 11.9 Å². The standard InChI is InChI=1S/C55H98O5/c1-3-5-7-9-11-13-15-17-19-21-23-25-26-27-28-30-32-34-36-38-40-42-44-46-48-50-55(58)60-53(51-56)52-59-54(57)49-47-45-43-41-39-37-35-33-31-29-24-22-20-18-16-14-12-10-8-6-4-2/h15-18,21-24,26-27,53,56H,3-14,19-20,25,28-52H2,1-2H3/b17-15-,18-16-,23-21-,24-22-,27-26-. The second kappa shape index (κ2) is 51.0. The molecule has 0 aromatic carbocycles. The molecule has 0 bridgehead atoms. The first-order valence-corrected chi connectivity index (χ1v) is 25.8. The van der Waals surface area contributed by atoms with Crippen molar-refractivity contribution in [1.82, 2.24) is 0 Å². The third kappa shape index (κ3) is 48.3. The lowest BCUT2D eigenvalue weighted by atomic mass is 10.0. The molecule has 0 saturated heterocycles. The van der Waals surface area contributed by atoms with Gasteiger partial charge in [0.1, 0.15) is 6.61 Å². The Hall–Kier alpha value is -2.40. The molecule has 1 unspecified atom stereocenters. The fourth-order valence-corrected chi connectivity index (χ4v) is 7.36. The monoisotopic (exact) mass is 839 g/mol. The normalized spacial score (nSPS) is 12.7. The van der Waals surface area contributed by atoms with Gasteiger partial charge in [0.05, 0.1) is 6.61 Å². The third-order valence-electron chi connectivity index (χ3n) is 11.3. The highest BCUT2D eigenvalue weighted by atomic mass is 16.6. The number of aliphatic hydroxyl groups excluding tert-OH is 1. The van der Waals surface area contributed by atoms with E-state index in [-0.39, 0.29) is 25.2 Å². The Morgan fingerprint density at radius 1 is 0.383 bits per heavy atom. The molecule has 5 heteroatoms. The van der Waals surface area contributed by atoms with Gasteiger partial charge in [0.2, 0.25) is 0 Å². The zero-order valence-electron chi connectivity index (χ0n) is 39.7. The van der Waals surface area contributed by atoms with E-state index in [1.54, 1.807) is 0 Å². The van der Waals surface area contributed by atoms with Crippen LogP contribution in [0.3, 0.4) is 0 Å². The van der Waals surface area contributed by atoms with Crippen LogP contribution in [0.4, 0.5) is 0 Å². The van der Waals surface area contributed by atoms with Crippen LogP contribution in [-0.4, -0.2) is 36.4 Å². The molecule has 0 rings (SSSR count). The molecule has 0 radical (unpaired) electrons. The Morgan fingerprint density at radius 2 is 0.667 bits per heavy atom. The summed E-state index contributed by atoms with van der Waals surface area (Å²) in [6, 6.07) is 0. The number of rotatable bonds is 47. The van der Waals surface area contributed by atoms with Crippen molar-refractivity contribution in [2.24, 2.45) is 0 Å². The number of esters is 2. The van der Waals surface area contributed by atoms with Crippen molar-refractivity contribution in [2.45, 2.75) is 264 Å². The predicted octanol–water partition coefficient (Wildman–Crippen LogP) is 17.1. The quantitative estimate of drug-likeness (QED) is 0.0375. The van der Waals surface area contributed by atoms with Crippen LogP contribution in [0.25, 0.3) is 0 Å². The van der Waals surface area contributed by atoms with Crippen LogP contribution in [0, 0.1) is 0 Å². The summed E-state index contributed by atoms with van der Waals surface area (Å²) in [6.45, 7) is 4.13. The number of ether oxygens (including phenoxy) is 2. The SMILES string of the molecule is CCCCCCC/C=C\C/C=C\C/C=C\CCCCCCCCCCCCC(=O)OC(CO)COC(=O)CCCCCCCCCCC/C=C\C/C=C\CCCCCCC. The maximum atomic E-state index is 12.3. The van der Waals surface area contributed by atoms with E-state index >= 15 is 0 Å². The average molecular weight is 839 g/mol. The van der Waals surface area contributed by atoms with Gasteiger partial charge in [-0.05, 0) is 83.5 Å². The van der Waals surface area contributed by atoms with Crippen molar-refractivity contribution in [3.8, 4) is 0 Å². The fourth-order valence-electron chi connectivity index (χ4n) is 7.36. The fraction of sp³-hybridized carbons (Fsp3) is 0.782. The molecule has 348 valence electrons. The number of allylic oxidation sites excluding steroid dienone is 10. The summed E-state index contributed by atoms with van der Waals surface area (Å²) in [6.07, 6.45) is 67.4. The highest BCUT2D eigenvalue weighted by Crippen LogP contribution is 2.15. The summed E-state index contributed by atoms with van der Waals surface area (Å²) in [7, 11) is 0. The van der Waals surface area contributed by atoms with Crippen LogP contribution in [0.1, 0.15) is 258 Å². The Morgan fingerprint density at radius 3 is 1.00 bits per heavy atom. The number of hydrogen-bond acceptors (Lipinski definition) is 5. The Balaban J connectivity index is 3.52. The molecule has 0 aromatic heterocycles. The summed E-state index contributed by atoms with van der Waals surface area (Å²) >= 11 is 0. The minimum Gasteiger partial charge on any atom is -0.462 e. The van der Waals surface area contributed by atoms with E-state index in [4.69, 9.17) is 9.47 Å². The van der Waals surface area contributed by atoms with Crippen LogP contribution in [0.2, 0.25) is 0 Å². The van der Waals surface area contributed by atoms with E-state index in [1.807, 2.05) is 0 Å². The molecular formula is C55H98O5. The number of carbonyl (C=O) groups is 2. The maximum absolute atomic E-state index is 12.3. The summed E-state index contributed by atoms with van der Waals surface area (Å²) in [5.74, 6) is -0.595. The number of aliphatic hydroxyl groups is 1. The van der Waals surface area contributed by atoms with Gasteiger partial charge in [-0.1, -0.05) is 222 Å². The molecule has 0 aliphatic carbocycles. The van der Waals surface area contributed by atoms with Crippen molar-refractivity contribution < 1.29 is 24.2 Å². The zero-order chi connectivity index (χ0) is 43.5. The largest absolute Gasteiger partial charge is 0.462 e. The molecule has 1 atom stereocenters. The van der Waals surface area contributed by atoms with Crippen LogP contribution in [-0.2, 0) is 19.1 Å². The van der Waals surface area contributed by atoms with Gasteiger partial charge in [-0.3, -0.25) is 9.59 Å². The Labute approximate surface area is 372 Å². The predicted molar refractivity (Wildman–Crippen MR) is 260 cm³/mol. The molecular weight excluding hydrogens is 741 g/mol. The van der Waals surface area contributed by atoms with E-state index in [1.165, 1.54) is 173 Å². The Bertz CT molecular complexity index is 1040. The third-order valence-corrected chi connectivity index (χ3v) is 11.3. The average Bonchev–Trinajstić information content (AvgIpc) is 3.25. The maximum Gasteiger partial charge on any atom is 0.306 e. The highest BCUT2D eigenvalue weighted by molar-refractivity contribution is 5.70. The molecule has 0 aliphatic rings. The molecule has 5 nitrogen and oxygen atoms in total. The molecule has 0 heterocycles. The summed E-state index contributed by atoms with van der Waals surface area (Å²) in [5.41, 5.74) is 0. The summed E-state index contributed by atoms with van der Waals surface area (Å²) in [5, 5.41) is 9.63. The van der Waals surface area contributed by atoms with Crippen LogP contribution < -0.4 is 0 Å². The molecule has 0 saturated carbocycles. The first-order valence-electron chi connectivity index (χ1n) is 25.8. The lowest BCUT2D eigenvalue weighted by molar-refractivity contribution is -0.161. The minimum atomic E-state index is -0.778. The van der Waals surface area contributed by atoms with Gasteiger partial charge in [-0.25, -0.2) is 0 Å². The van der Waals surface area contributed by atoms with Crippen LogP contribution in [0.5, 0.6) is 0 Å². The summed E-state index contributed by atoms with van der Waals surface area (Å²) < 4.78 is 10.7. The van der Waals surface area contributed by atoms with Gasteiger partial charge >= 0.3 is 11.9 Å². The molecule has 1 N–H and O–H groups in total. The molecule has 0 amide bonds. The number of unbranched alkanes of at least 4 members (excludes halogenated alkanes) is 29. The van der Waals surface area contributed by atoms with Gasteiger partial charge in [0.25, 0.3) is 0 Å². The molecule has 0 aliphatic heterocycles. The van der Waals surface area contributed by atoms with Gasteiger partial charge in [0.15, 0.2) is 6.10 Å². The van der Waals surface area contributed by atoms with Gasteiger partial charge in [0, 0.05) is 12.8 Å². The van der Waals surface area contributed by atoms with Crippen molar-refractivity contribution in [3.63, 3.8) is 0 Å².